The maximum atomic E-state index is 12.7. The third-order valence-corrected chi connectivity index (χ3v) is 4.30. The topological polar surface area (TPSA) is 90.7 Å². The molecule has 0 radical (unpaired) electrons. The third-order valence-electron chi connectivity index (χ3n) is 4.00. The molecular formula is C21H18ClN5O. The minimum Gasteiger partial charge on any atom is -0.324 e. The summed E-state index contributed by atoms with van der Waals surface area (Å²) in [4.78, 5) is 21.3. The minimum absolute atomic E-state index is 0.211. The van der Waals surface area contributed by atoms with Crippen LogP contribution < -0.4 is 10.6 Å². The molecule has 1 amide bonds. The van der Waals surface area contributed by atoms with Gasteiger partial charge in [0, 0.05) is 11.4 Å². The second-order valence-electron chi connectivity index (χ2n) is 6.43. The molecule has 140 valence electrons. The van der Waals surface area contributed by atoms with Crippen LogP contribution in [0.1, 0.15) is 32.9 Å². The fourth-order valence-electron chi connectivity index (χ4n) is 2.79. The Morgan fingerprint density at radius 2 is 1.89 bits per heavy atom. The second-order valence-corrected chi connectivity index (χ2v) is 6.84. The van der Waals surface area contributed by atoms with Gasteiger partial charge in [0.2, 0.25) is 5.95 Å². The van der Waals surface area contributed by atoms with E-state index in [1.54, 1.807) is 43.3 Å². The normalized spacial score (nSPS) is 10.2. The first kappa shape index (κ1) is 19.3. The molecule has 0 aliphatic rings. The van der Waals surface area contributed by atoms with Gasteiger partial charge in [0.15, 0.2) is 0 Å². The summed E-state index contributed by atoms with van der Waals surface area (Å²) in [6, 6.07) is 14.4. The molecule has 0 atom stereocenters. The fraction of sp³-hybridized carbons (Fsp3) is 0.143. The third kappa shape index (κ3) is 4.45. The van der Waals surface area contributed by atoms with Crippen LogP contribution in [0.4, 0.5) is 17.3 Å². The Morgan fingerprint density at radius 3 is 2.61 bits per heavy atom. The molecule has 2 N–H and O–H groups in total. The second kappa shape index (κ2) is 8.07. The van der Waals surface area contributed by atoms with Gasteiger partial charge in [-0.2, -0.15) is 5.26 Å². The van der Waals surface area contributed by atoms with Crippen LogP contribution in [0.25, 0.3) is 0 Å². The van der Waals surface area contributed by atoms with Gasteiger partial charge in [-0.3, -0.25) is 4.79 Å². The molecule has 0 saturated heterocycles. The van der Waals surface area contributed by atoms with E-state index < -0.39 is 0 Å². The number of carbonyl (C=O) groups excluding carboxylic acids is 1. The van der Waals surface area contributed by atoms with Crippen molar-refractivity contribution >= 4 is 34.8 Å². The zero-order chi connectivity index (χ0) is 20.3. The molecule has 0 spiro atoms. The molecule has 0 unspecified atom stereocenters. The van der Waals surface area contributed by atoms with Gasteiger partial charge >= 0.3 is 0 Å². The summed E-state index contributed by atoms with van der Waals surface area (Å²) in [5, 5.41) is 15.3. The molecule has 1 aromatic heterocycles. The summed E-state index contributed by atoms with van der Waals surface area (Å²) in [5.41, 5.74) is 4.46. The van der Waals surface area contributed by atoms with Crippen molar-refractivity contribution in [2.45, 2.75) is 20.8 Å². The van der Waals surface area contributed by atoms with Crippen molar-refractivity contribution in [1.82, 2.24) is 9.97 Å². The van der Waals surface area contributed by atoms with Crippen LogP contribution in [0.15, 0.2) is 42.5 Å². The van der Waals surface area contributed by atoms with E-state index in [9.17, 15) is 4.79 Å². The summed E-state index contributed by atoms with van der Waals surface area (Å²) in [7, 11) is 0. The number of rotatable bonds is 4. The minimum atomic E-state index is -0.381. The highest BCUT2D eigenvalue weighted by Gasteiger charge is 2.14. The molecule has 3 aromatic rings. The van der Waals surface area contributed by atoms with E-state index in [0.717, 1.165) is 11.1 Å². The fourth-order valence-corrected chi connectivity index (χ4v) is 3.16. The average Bonchev–Trinajstić information content (AvgIpc) is 2.64. The van der Waals surface area contributed by atoms with Crippen molar-refractivity contribution in [3.05, 3.63) is 75.6 Å². The Hall–Kier alpha value is -3.43. The first-order valence-electron chi connectivity index (χ1n) is 8.56. The van der Waals surface area contributed by atoms with Gasteiger partial charge in [0.1, 0.15) is 5.69 Å². The number of amides is 1. The lowest BCUT2D eigenvalue weighted by Gasteiger charge is -2.12. The number of anilines is 3. The SMILES string of the molecule is Cc1cc(C)c(NC(=O)c2cc(C)nc(Nc3cccc(C#N)c3)n2)c(Cl)c1. The van der Waals surface area contributed by atoms with Gasteiger partial charge in [0.25, 0.3) is 5.91 Å². The van der Waals surface area contributed by atoms with Crippen LogP contribution in [0.3, 0.4) is 0 Å². The maximum absolute atomic E-state index is 12.7. The summed E-state index contributed by atoms with van der Waals surface area (Å²) in [6.45, 7) is 5.60. The number of benzene rings is 2. The predicted octanol–water partition coefficient (Wildman–Crippen LogP) is 4.92. The lowest BCUT2D eigenvalue weighted by atomic mass is 10.1. The van der Waals surface area contributed by atoms with Crippen molar-refractivity contribution in [3.8, 4) is 6.07 Å². The number of nitrogens with zero attached hydrogens (tertiary/aromatic N) is 3. The predicted molar refractivity (Wildman–Crippen MR) is 110 cm³/mol. The molecule has 3 rings (SSSR count). The molecule has 6 nitrogen and oxygen atoms in total. The number of aryl methyl sites for hydroxylation is 3. The van der Waals surface area contributed by atoms with Crippen LogP contribution >= 0.6 is 11.6 Å². The van der Waals surface area contributed by atoms with Gasteiger partial charge in [-0.05, 0) is 62.2 Å². The van der Waals surface area contributed by atoms with Crippen LogP contribution in [-0.4, -0.2) is 15.9 Å². The zero-order valence-electron chi connectivity index (χ0n) is 15.7. The summed E-state index contributed by atoms with van der Waals surface area (Å²) in [6.07, 6.45) is 0. The number of hydrogen-bond donors (Lipinski definition) is 2. The first-order chi connectivity index (χ1) is 13.4. The number of nitriles is 1. The number of aromatic nitrogens is 2. The quantitative estimate of drug-likeness (QED) is 0.658. The van der Waals surface area contributed by atoms with Gasteiger partial charge < -0.3 is 10.6 Å². The molecule has 0 saturated carbocycles. The lowest BCUT2D eigenvalue weighted by Crippen LogP contribution is -2.16. The van der Waals surface area contributed by atoms with Gasteiger partial charge in [-0.15, -0.1) is 0 Å². The van der Waals surface area contributed by atoms with Gasteiger partial charge in [0.05, 0.1) is 22.3 Å². The number of hydrogen-bond acceptors (Lipinski definition) is 5. The number of nitrogens with one attached hydrogen (secondary N) is 2. The largest absolute Gasteiger partial charge is 0.324 e. The summed E-state index contributed by atoms with van der Waals surface area (Å²) < 4.78 is 0. The van der Waals surface area contributed by atoms with E-state index in [4.69, 9.17) is 16.9 Å². The molecule has 1 heterocycles. The monoisotopic (exact) mass is 391 g/mol. The number of halogens is 1. The molecule has 7 heteroatoms. The highest BCUT2D eigenvalue weighted by atomic mass is 35.5. The van der Waals surface area contributed by atoms with Crippen molar-refractivity contribution in [2.75, 3.05) is 10.6 Å². The highest BCUT2D eigenvalue weighted by Crippen LogP contribution is 2.27. The lowest BCUT2D eigenvalue weighted by molar-refractivity contribution is 0.102. The van der Waals surface area contributed by atoms with Crippen molar-refractivity contribution in [2.24, 2.45) is 0 Å². The molecule has 0 aliphatic heterocycles. The van der Waals surface area contributed by atoms with Gasteiger partial charge in [-0.25, -0.2) is 9.97 Å². The Labute approximate surface area is 168 Å². The van der Waals surface area contributed by atoms with E-state index in [1.807, 2.05) is 19.9 Å². The van der Waals surface area contributed by atoms with E-state index in [0.29, 0.717) is 27.7 Å². The maximum Gasteiger partial charge on any atom is 0.274 e. The van der Waals surface area contributed by atoms with Crippen LogP contribution in [-0.2, 0) is 0 Å². The highest BCUT2D eigenvalue weighted by molar-refractivity contribution is 6.34. The van der Waals surface area contributed by atoms with Gasteiger partial charge in [-0.1, -0.05) is 23.7 Å². The van der Waals surface area contributed by atoms with Crippen LogP contribution in [0.5, 0.6) is 0 Å². The molecular weight excluding hydrogens is 374 g/mol. The average molecular weight is 392 g/mol. The van der Waals surface area contributed by atoms with Crippen molar-refractivity contribution < 1.29 is 4.79 Å². The van der Waals surface area contributed by atoms with Crippen molar-refractivity contribution in [3.63, 3.8) is 0 Å². The van der Waals surface area contributed by atoms with E-state index in [2.05, 4.69) is 26.7 Å². The van der Waals surface area contributed by atoms with Crippen LogP contribution in [0, 0.1) is 32.1 Å². The Balaban J connectivity index is 1.87. The molecule has 0 fully saturated rings. The standard InChI is InChI=1S/C21H18ClN5O/c1-12-7-13(2)19(17(22)8-12)27-20(28)18-9-14(3)24-21(26-18)25-16-6-4-5-15(10-16)11-23/h4-10H,1-3H3,(H,27,28)(H,24,25,26). The molecule has 0 aliphatic carbocycles. The van der Waals surface area contributed by atoms with E-state index >= 15 is 0 Å². The Morgan fingerprint density at radius 1 is 1.11 bits per heavy atom. The van der Waals surface area contributed by atoms with E-state index in [1.165, 1.54) is 0 Å². The molecule has 2 aromatic carbocycles. The van der Waals surface area contributed by atoms with Crippen molar-refractivity contribution in [1.29, 1.82) is 5.26 Å². The van der Waals surface area contributed by atoms with Crippen LogP contribution in [0.2, 0.25) is 5.02 Å². The molecule has 0 bridgehead atoms. The Kier molecular flexibility index (Phi) is 5.57. The summed E-state index contributed by atoms with van der Waals surface area (Å²) in [5.74, 6) is -0.111. The summed E-state index contributed by atoms with van der Waals surface area (Å²) >= 11 is 6.28. The smallest absolute Gasteiger partial charge is 0.274 e. The zero-order valence-corrected chi connectivity index (χ0v) is 16.4. The molecule has 28 heavy (non-hydrogen) atoms. The van der Waals surface area contributed by atoms with E-state index in [-0.39, 0.29) is 17.5 Å². The first-order valence-corrected chi connectivity index (χ1v) is 8.94. The Bertz CT molecular complexity index is 1080. The number of carbonyl (C=O) groups is 1.